The molecule has 4 aromatic rings. The van der Waals surface area contributed by atoms with E-state index in [1.165, 1.54) is 5.56 Å². The summed E-state index contributed by atoms with van der Waals surface area (Å²) < 4.78 is 1.74. The van der Waals surface area contributed by atoms with Gasteiger partial charge in [0.15, 0.2) is 5.16 Å². The van der Waals surface area contributed by atoms with E-state index < -0.39 is 0 Å². The summed E-state index contributed by atoms with van der Waals surface area (Å²) >= 11 is 3.21. The molecule has 0 radical (unpaired) electrons. The molecular weight excluding hydrogens is 374 g/mol. The van der Waals surface area contributed by atoms with Crippen molar-refractivity contribution in [2.45, 2.75) is 31.3 Å². The number of nitrogens with zero attached hydrogens (tertiary/aromatic N) is 3. The van der Waals surface area contributed by atoms with Crippen LogP contribution in [-0.4, -0.2) is 14.5 Å². The van der Waals surface area contributed by atoms with Crippen molar-refractivity contribution in [2.24, 2.45) is 0 Å². The maximum Gasteiger partial charge on any atom is 0.262 e. The maximum atomic E-state index is 12.7. The zero-order chi connectivity index (χ0) is 18.8. The van der Waals surface area contributed by atoms with Gasteiger partial charge in [-0.1, -0.05) is 53.7 Å². The van der Waals surface area contributed by atoms with Gasteiger partial charge in [-0.25, -0.2) is 9.97 Å². The highest BCUT2D eigenvalue weighted by Crippen LogP contribution is 2.27. The highest BCUT2D eigenvalue weighted by Gasteiger charge is 2.12. The second-order valence-corrected chi connectivity index (χ2v) is 8.06. The lowest BCUT2D eigenvalue weighted by Gasteiger charge is -2.10. The predicted molar refractivity (Wildman–Crippen MR) is 114 cm³/mol. The number of aromatic nitrogens is 3. The van der Waals surface area contributed by atoms with Crippen molar-refractivity contribution >= 4 is 34.0 Å². The largest absolute Gasteiger partial charge is 0.287 e. The molecule has 0 aliphatic rings. The Labute approximate surface area is 165 Å². The lowest BCUT2D eigenvalue weighted by atomic mass is 10.2. The Morgan fingerprint density at radius 1 is 1.07 bits per heavy atom. The summed E-state index contributed by atoms with van der Waals surface area (Å²) in [5, 5.41) is 4.51. The molecule has 2 heterocycles. The number of benzene rings is 2. The Balaban J connectivity index is 1.59. The van der Waals surface area contributed by atoms with E-state index in [2.05, 4.69) is 36.6 Å². The summed E-state index contributed by atoms with van der Waals surface area (Å²) in [6.45, 7) is 4.66. The molecule has 0 spiro atoms. The van der Waals surface area contributed by atoms with Crippen LogP contribution in [0.4, 0.5) is 0 Å². The molecule has 2 aromatic carbocycles. The van der Waals surface area contributed by atoms with E-state index in [4.69, 9.17) is 9.97 Å². The molecular formula is C21H19N3OS2. The quantitative estimate of drug-likeness (QED) is 0.348. The molecule has 0 amide bonds. The summed E-state index contributed by atoms with van der Waals surface area (Å²) in [7, 11) is 0. The van der Waals surface area contributed by atoms with Gasteiger partial charge in [-0.05, 0) is 26.0 Å². The fourth-order valence-corrected chi connectivity index (χ4v) is 4.76. The molecule has 136 valence electrons. The normalized spacial score (nSPS) is 11.2. The van der Waals surface area contributed by atoms with Gasteiger partial charge in [0, 0.05) is 23.2 Å². The minimum atomic E-state index is 0.0178. The highest BCUT2D eigenvalue weighted by molar-refractivity contribution is 7.98. The van der Waals surface area contributed by atoms with Crippen molar-refractivity contribution in [2.75, 3.05) is 0 Å². The molecule has 0 bridgehead atoms. The number of thioether (sulfide) groups is 1. The van der Waals surface area contributed by atoms with E-state index in [1.54, 1.807) is 27.7 Å². The third kappa shape index (κ3) is 3.68. The average Bonchev–Trinajstić information content (AvgIpc) is 3.16. The van der Waals surface area contributed by atoms with Crippen LogP contribution in [0, 0.1) is 6.92 Å². The number of aryl methyl sites for hydroxylation is 1. The van der Waals surface area contributed by atoms with Crippen LogP contribution in [0.5, 0.6) is 0 Å². The highest BCUT2D eigenvalue weighted by atomic mass is 32.2. The minimum absolute atomic E-state index is 0.0178. The van der Waals surface area contributed by atoms with E-state index in [0.29, 0.717) is 17.7 Å². The molecule has 0 aliphatic carbocycles. The summed E-state index contributed by atoms with van der Waals surface area (Å²) in [5.41, 5.74) is 4.14. The van der Waals surface area contributed by atoms with Crippen LogP contribution in [0.25, 0.3) is 21.5 Å². The smallest absolute Gasteiger partial charge is 0.262 e. The standard InChI is InChI=1S/C21H19N3OS2/c1-3-24-20(25)17-6-4-5-7-18(17)23-21(24)27-13-16-12-26-19(22-16)15-10-8-14(2)9-11-15/h4-12H,3,13H2,1-2H3. The molecule has 0 atom stereocenters. The third-order valence-electron chi connectivity index (χ3n) is 4.34. The number of hydrogen-bond donors (Lipinski definition) is 0. The van der Waals surface area contributed by atoms with Crippen LogP contribution in [0.2, 0.25) is 0 Å². The first kappa shape index (κ1) is 17.9. The summed E-state index contributed by atoms with van der Waals surface area (Å²) in [6.07, 6.45) is 0. The Morgan fingerprint density at radius 3 is 2.63 bits per heavy atom. The predicted octanol–water partition coefficient (Wildman–Crippen LogP) is 5.14. The second kappa shape index (κ2) is 7.66. The van der Waals surface area contributed by atoms with Crippen LogP contribution >= 0.6 is 23.1 Å². The molecule has 0 N–H and O–H groups in total. The van der Waals surface area contributed by atoms with Crippen LogP contribution in [0.15, 0.2) is 63.9 Å². The Kier molecular flexibility index (Phi) is 5.09. The number of rotatable bonds is 5. The third-order valence-corrected chi connectivity index (χ3v) is 6.29. The van der Waals surface area contributed by atoms with Crippen molar-refractivity contribution in [1.29, 1.82) is 0 Å². The first-order chi connectivity index (χ1) is 13.2. The fraction of sp³-hybridized carbons (Fsp3) is 0.190. The van der Waals surface area contributed by atoms with E-state index in [9.17, 15) is 4.79 Å². The zero-order valence-electron chi connectivity index (χ0n) is 15.2. The van der Waals surface area contributed by atoms with Gasteiger partial charge in [-0.3, -0.25) is 9.36 Å². The lowest BCUT2D eigenvalue weighted by Crippen LogP contribution is -2.22. The number of para-hydroxylation sites is 1. The molecule has 0 saturated heterocycles. The van der Waals surface area contributed by atoms with Crippen molar-refractivity contribution < 1.29 is 0 Å². The molecule has 4 rings (SSSR count). The van der Waals surface area contributed by atoms with Gasteiger partial charge < -0.3 is 0 Å². The molecule has 2 aromatic heterocycles. The van der Waals surface area contributed by atoms with Crippen molar-refractivity contribution in [3.05, 3.63) is 75.5 Å². The van der Waals surface area contributed by atoms with E-state index >= 15 is 0 Å². The first-order valence-electron chi connectivity index (χ1n) is 8.79. The van der Waals surface area contributed by atoms with Crippen LogP contribution in [-0.2, 0) is 12.3 Å². The molecule has 4 nitrogen and oxygen atoms in total. The first-order valence-corrected chi connectivity index (χ1v) is 10.7. The Hall–Kier alpha value is -2.44. The van der Waals surface area contributed by atoms with E-state index in [-0.39, 0.29) is 5.56 Å². The molecule has 27 heavy (non-hydrogen) atoms. The topological polar surface area (TPSA) is 47.8 Å². The van der Waals surface area contributed by atoms with Crippen molar-refractivity contribution in [3.63, 3.8) is 0 Å². The van der Waals surface area contributed by atoms with Gasteiger partial charge in [0.1, 0.15) is 5.01 Å². The summed E-state index contributed by atoms with van der Waals surface area (Å²) in [5.74, 6) is 0.688. The second-order valence-electron chi connectivity index (χ2n) is 6.26. The monoisotopic (exact) mass is 393 g/mol. The summed E-state index contributed by atoms with van der Waals surface area (Å²) in [6, 6.07) is 15.9. The molecule has 0 fully saturated rings. The fourth-order valence-electron chi connectivity index (χ4n) is 2.88. The minimum Gasteiger partial charge on any atom is -0.287 e. The summed E-state index contributed by atoms with van der Waals surface area (Å²) in [4.78, 5) is 22.2. The zero-order valence-corrected chi connectivity index (χ0v) is 16.8. The molecule has 6 heteroatoms. The van der Waals surface area contributed by atoms with Gasteiger partial charge in [0.2, 0.25) is 0 Å². The van der Waals surface area contributed by atoms with E-state index in [1.807, 2.05) is 31.2 Å². The van der Waals surface area contributed by atoms with Gasteiger partial charge in [-0.15, -0.1) is 11.3 Å². The molecule has 0 aliphatic heterocycles. The van der Waals surface area contributed by atoms with Gasteiger partial charge in [0.05, 0.1) is 16.6 Å². The average molecular weight is 394 g/mol. The van der Waals surface area contributed by atoms with Crippen LogP contribution in [0.1, 0.15) is 18.2 Å². The van der Waals surface area contributed by atoms with Gasteiger partial charge >= 0.3 is 0 Å². The number of thiazole rings is 1. The van der Waals surface area contributed by atoms with Gasteiger partial charge in [-0.2, -0.15) is 0 Å². The molecule has 0 saturated carbocycles. The van der Waals surface area contributed by atoms with Gasteiger partial charge in [0.25, 0.3) is 5.56 Å². The van der Waals surface area contributed by atoms with Crippen molar-refractivity contribution in [1.82, 2.24) is 14.5 Å². The Bertz CT molecular complexity index is 1150. The maximum absolute atomic E-state index is 12.7. The van der Waals surface area contributed by atoms with Crippen LogP contribution in [0.3, 0.4) is 0 Å². The van der Waals surface area contributed by atoms with Crippen LogP contribution < -0.4 is 5.56 Å². The lowest BCUT2D eigenvalue weighted by molar-refractivity contribution is 0.634. The molecule has 0 unspecified atom stereocenters. The SMILES string of the molecule is CCn1c(SCc2csc(-c3ccc(C)cc3)n2)nc2ccccc2c1=O. The van der Waals surface area contributed by atoms with Crippen molar-refractivity contribution in [3.8, 4) is 10.6 Å². The number of hydrogen-bond acceptors (Lipinski definition) is 5. The van der Waals surface area contributed by atoms with E-state index in [0.717, 1.165) is 26.9 Å². The number of fused-ring (bicyclic) bond motifs is 1. The Morgan fingerprint density at radius 2 is 1.85 bits per heavy atom.